The van der Waals surface area contributed by atoms with Gasteiger partial charge in [-0.3, -0.25) is 4.55 Å². The number of rotatable bonds is 4. The van der Waals surface area contributed by atoms with Crippen molar-refractivity contribution in [1.82, 2.24) is 5.32 Å². The Labute approximate surface area is 148 Å². The Balaban J connectivity index is 2.30. The molecule has 0 aromatic heterocycles. The largest absolute Gasteiger partial charge is 0.334 e. The van der Waals surface area contributed by atoms with Crippen molar-refractivity contribution >= 4 is 21.8 Å². The van der Waals surface area contributed by atoms with Gasteiger partial charge < -0.3 is 10.6 Å². The molecule has 0 saturated heterocycles. The first kappa shape index (κ1) is 19.0. The van der Waals surface area contributed by atoms with Gasteiger partial charge in [0.1, 0.15) is 4.90 Å². The molecule has 134 valence electrons. The van der Waals surface area contributed by atoms with E-state index < -0.39 is 16.1 Å². The van der Waals surface area contributed by atoms with Crippen molar-refractivity contribution in [2.45, 2.75) is 39.1 Å². The summed E-state index contributed by atoms with van der Waals surface area (Å²) in [5.74, 6) is 0. The number of hydrogen-bond acceptors (Lipinski definition) is 3. The predicted octanol–water partition coefficient (Wildman–Crippen LogP) is 3.49. The Morgan fingerprint density at radius 2 is 1.56 bits per heavy atom. The number of benzene rings is 2. The van der Waals surface area contributed by atoms with Crippen molar-refractivity contribution in [3.8, 4) is 0 Å². The summed E-state index contributed by atoms with van der Waals surface area (Å²) in [5.41, 5.74) is 3.60. The average Bonchev–Trinajstić information content (AvgIpc) is 2.55. The minimum atomic E-state index is -4.39. The van der Waals surface area contributed by atoms with Crippen molar-refractivity contribution in [3.63, 3.8) is 0 Å². The minimum absolute atomic E-state index is 0.158. The van der Waals surface area contributed by atoms with Gasteiger partial charge >= 0.3 is 6.03 Å². The van der Waals surface area contributed by atoms with Crippen LogP contribution in [-0.4, -0.2) is 19.0 Å². The van der Waals surface area contributed by atoms with Crippen LogP contribution in [0.25, 0.3) is 0 Å². The third kappa shape index (κ3) is 4.18. The van der Waals surface area contributed by atoms with Crippen molar-refractivity contribution in [3.05, 3.63) is 58.1 Å². The third-order valence-corrected chi connectivity index (χ3v) is 5.48. The fourth-order valence-electron chi connectivity index (χ4n) is 2.83. The number of urea groups is 1. The second-order valence-electron chi connectivity index (χ2n) is 5.97. The van der Waals surface area contributed by atoms with E-state index in [0.717, 1.165) is 11.1 Å². The molecule has 2 aromatic carbocycles. The van der Waals surface area contributed by atoms with E-state index in [1.807, 2.05) is 30.3 Å². The van der Waals surface area contributed by atoms with Gasteiger partial charge in [0.15, 0.2) is 0 Å². The van der Waals surface area contributed by atoms with E-state index in [0.29, 0.717) is 28.9 Å². The molecule has 2 rings (SSSR count). The average molecular weight is 362 g/mol. The molecule has 0 aliphatic heterocycles. The summed E-state index contributed by atoms with van der Waals surface area (Å²) in [7, 11) is -4.39. The fraction of sp³-hybridized carbons (Fsp3) is 0.278. The lowest BCUT2D eigenvalue weighted by molar-refractivity contribution is 0.251. The van der Waals surface area contributed by atoms with E-state index in [2.05, 4.69) is 10.6 Å². The highest BCUT2D eigenvalue weighted by Crippen LogP contribution is 2.33. The third-order valence-electron chi connectivity index (χ3n) is 4.35. The summed E-state index contributed by atoms with van der Waals surface area (Å²) in [6, 6.07) is 8.99. The fourth-order valence-corrected chi connectivity index (χ4v) is 3.85. The van der Waals surface area contributed by atoms with E-state index in [-0.39, 0.29) is 4.90 Å². The number of anilines is 1. The van der Waals surface area contributed by atoms with Crippen molar-refractivity contribution in [2.24, 2.45) is 0 Å². The van der Waals surface area contributed by atoms with Gasteiger partial charge in [-0.25, -0.2) is 4.79 Å². The summed E-state index contributed by atoms with van der Waals surface area (Å²) in [4.78, 5) is 12.1. The molecule has 0 fully saturated rings. The van der Waals surface area contributed by atoms with Gasteiger partial charge in [-0.1, -0.05) is 30.3 Å². The first-order valence-corrected chi connectivity index (χ1v) is 9.23. The van der Waals surface area contributed by atoms with E-state index in [1.54, 1.807) is 27.7 Å². The lowest BCUT2D eigenvalue weighted by Crippen LogP contribution is -2.29. The van der Waals surface area contributed by atoms with Crippen LogP contribution in [0.4, 0.5) is 10.5 Å². The number of carbonyl (C=O) groups excluding carboxylic acids is 1. The maximum atomic E-state index is 12.2. The van der Waals surface area contributed by atoms with Crippen LogP contribution in [0.3, 0.4) is 0 Å². The molecule has 0 heterocycles. The molecule has 7 heteroatoms. The van der Waals surface area contributed by atoms with Gasteiger partial charge in [-0.15, -0.1) is 0 Å². The maximum absolute atomic E-state index is 12.2. The Kier molecular flexibility index (Phi) is 5.49. The summed E-state index contributed by atoms with van der Waals surface area (Å²) >= 11 is 0. The molecule has 2 amide bonds. The predicted molar refractivity (Wildman–Crippen MR) is 97.5 cm³/mol. The topological polar surface area (TPSA) is 95.5 Å². The Morgan fingerprint density at radius 1 is 0.960 bits per heavy atom. The van der Waals surface area contributed by atoms with Crippen LogP contribution in [0.2, 0.25) is 0 Å². The van der Waals surface area contributed by atoms with Gasteiger partial charge in [0.25, 0.3) is 10.1 Å². The van der Waals surface area contributed by atoms with E-state index in [9.17, 15) is 17.8 Å². The smallest absolute Gasteiger partial charge is 0.319 e. The SMILES string of the molecule is Cc1c(C)c(NC(=O)NCc2ccccc2)c(C)c(S(=O)(=O)O)c1C. The number of hydrogen-bond donors (Lipinski definition) is 3. The van der Waals surface area contributed by atoms with Gasteiger partial charge in [0.2, 0.25) is 0 Å². The minimum Gasteiger partial charge on any atom is -0.334 e. The normalized spacial score (nSPS) is 11.2. The first-order chi connectivity index (χ1) is 11.6. The number of amides is 2. The molecular weight excluding hydrogens is 340 g/mol. The van der Waals surface area contributed by atoms with Crippen LogP contribution in [0.15, 0.2) is 35.2 Å². The maximum Gasteiger partial charge on any atom is 0.319 e. The van der Waals surface area contributed by atoms with E-state index >= 15 is 0 Å². The monoisotopic (exact) mass is 362 g/mol. The van der Waals surface area contributed by atoms with Crippen LogP contribution in [-0.2, 0) is 16.7 Å². The van der Waals surface area contributed by atoms with Crippen molar-refractivity contribution in [2.75, 3.05) is 5.32 Å². The van der Waals surface area contributed by atoms with Gasteiger partial charge in [-0.2, -0.15) is 8.42 Å². The molecular formula is C18H22N2O4S. The molecule has 25 heavy (non-hydrogen) atoms. The molecule has 0 atom stereocenters. The molecule has 0 aliphatic rings. The second-order valence-corrected chi connectivity index (χ2v) is 7.33. The standard InChI is InChI=1S/C18H22N2O4S/c1-11-12(2)16(14(4)17(13(11)3)25(22,23)24)20-18(21)19-10-15-8-6-5-7-9-15/h5-9H,10H2,1-4H3,(H2,19,20,21)(H,22,23,24). The van der Waals surface area contributed by atoms with Crippen LogP contribution in [0.1, 0.15) is 27.8 Å². The van der Waals surface area contributed by atoms with E-state index in [1.165, 1.54) is 0 Å². The number of nitrogens with one attached hydrogen (secondary N) is 2. The van der Waals surface area contributed by atoms with Crippen LogP contribution in [0.5, 0.6) is 0 Å². The highest BCUT2D eigenvalue weighted by Gasteiger charge is 2.23. The summed E-state index contributed by atoms with van der Waals surface area (Å²) in [5, 5.41) is 5.44. The molecule has 6 nitrogen and oxygen atoms in total. The Morgan fingerprint density at radius 3 is 2.12 bits per heavy atom. The highest BCUT2D eigenvalue weighted by atomic mass is 32.2. The quantitative estimate of drug-likeness (QED) is 0.726. The summed E-state index contributed by atoms with van der Waals surface area (Å²) < 4.78 is 32.9. The number of carbonyl (C=O) groups is 1. The van der Waals surface area contributed by atoms with E-state index in [4.69, 9.17) is 0 Å². The van der Waals surface area contributed by atoms with Crippen molar-refractivity contribution < 1.29 is 17.8 Å². The molecule has 0 saturated carbocycles. The molecule has 2 aromatic rings. The molecule has 3 N–H and O–H groups in total. The van der Waals surface area contributed by atoms with Crippen LogP contribution >= 0.6 is 0 Å². The molecule has 0 bridgehead atoms. The lowest BCUT2D eigenvalue weighted by Gasteiger charge is -2.19. The van der Waals surface area contributed by atoms with Gasteiger partial charge in [0.05, 0.1) is 0 Å². The first-order valence-electron chi connectivity index (χ1n) is 7.79. The Hall–Kier alpha value is -2.38. The van der Waals surface area contributed by atoms with Gasteiger partial charge in [0, 0.05) is 12.2 Å². The lowest BCUT2D eigenvalue weighted by atomic mass is 9.98. The molecule has 0 aliphatic carbocycles. The second kappa shape index (κ2) is 7.25. The molecule has 0 radical (unpaired) electrons. The molecule has 0 unspecified atom stereocenters. The zero-order chi connectivity index (χ0) is 18.8. The van der Waals surface area contributed by atoms with Gasteiger partial charge in [-0.05, 0) is 55.5 Å². The molecule has 0 spiro atoms. The highest BCUT2D eigenvalue weighted by molar-refractivity contribution is 7.86. The zero-order valence-electron chi connectivity index (χ0n) is 14.7. The summed E-state index contributed by atoms with van der Waals surface area (Å²) in [6.07, 6.45) is 0. The zero-order valence-corrected chi connectivity index (χ0v) is 15.5. The summed E-state index contributed by atoms with van der Waals surface area (Å²) in [6.45, 7) is 7.11. The van der Waals surface area contributed by atoms with Crippen molar-refractivity contribution in [1.29, 1.82) is 0 Å². The Bertz CT molecular complexity index is 907. The van der Waals surface area contributed by atoms with Crippen LogP contribution in [0, 0.1) is 27.7 Å². The van der Waals surface area contributed by atoms with Crippen LogP contribution < -0.4 is 10.6 Å².